The van der Waals surface area contributed by atoms with Gasteiger partial charge < -0.3 is 10.1 Å². The third kappa shape index (κ3) is 3.09. The van der Waals surface area contributed by atoms with Crippen LogP contribution in [-0.2, 0) is 6.42 Å². The second-order valence-corrected chi connectivity index (χ2v) is 5.38. The highest BCUT2D eigenvalue weighted by atomic mass is 16.4. The van der Waals surface area contributed by atoms with Crippen molar-refractivity contribution in [1.29, 1.82) is 0 Å². The number of carboxylic acid groups (broad SMARTS) is 1. The first kappa shape index (κ1) is 14.9. The molecule has 3 aromatic rings. The molecule has 0 saturated carbocycles. The number of nitrogens with one attached hydrogen (secondary N) is 1. The number of benzene rings is 2. The lowest BCUT2D eigenvalue weighted by atomic mass is 10.1. The van der Waals surface area contributed by atoms with Gasteiger partial charge in [0.25, 0.3) is 0 Å². The first-order valence-corrected chi connectivity index (χ1v) is 7.41. The molecule has 0 bridgehead atoms. The van der Waals surface area contributed by atoms with Gasteiger partial charge in [0.05, 0.1) is 16.6 Å². The van der Waals surface area contributed by atoms with Crippen LogP contribution in [0.1, 0.15) is 39.8 Å². The monoisotopic (exact) mass is 304 g/mol. The van der Waals surface area contributed by atoms with Gasteiger partial charge in [-0.3, -0.25) is 0 Å². The Labute approximate surface area is 134 Å². The van der Waals surface area contributed by atoms with Crippen molar-refractivity contribution < 1.29 is 9.90 Å². The van der Waals surface area contributed by atoms with E-state index in [2.05, 4.69) is 21.8 Å². The SMILES string of the molecule is CCc1nc2cc(C#Cc3ccc(C)cc3)cc(C(=O)O)c2[nH]1. The third-order valence-electron chi connectivity index (χ3n) is 3.61. The van der Waals surface area contributed by atoms with Crippen molar-refractivity contribution in [3.63, 3.8) is 0 Å². The number of hydrogen-bond donors (Lipinski definition) is 2. The second kappa shape index (κ2) is 5.98. The predicted molar refractivity (Wildman–Crippen MR) is 89.6 cm³/mol. The normalized spacial score (nSPS) is 10.3. The van der Waals surface area contributed by atoms with E-state index in [0.717, 1.165) is 17.8 Å². The summed E-state index contributed by atoms with van der Waals surface area (Å²) in [4.78, 5) is 19.0. The largest absolute Gasteiger partial charge is 0.478 e. The lowest BCUT2D eigenvalue weighted by Crippen LogP contribution is -1.98. The number of rotatable bonds is 2. The van der Waals surface area contributed by atoms with Gasteiger partial charge in [0.1, 0.15) is 5.82 Å². The zero-order chi connectivity index (χ0) is 16.4. The third-order valence-corrected chi connectivity index (χ3v) is 3.61. The molecule has 0 aliphatic heterocycles. The van der Waals surface area contributed by atoms with Gasteiger partial charge in [-0.15, -0.1) is 0 Å². The van der Waals surface area contributed by atoms with Crippen LogP contribution in [0.3, 0.4) is 0 Å². The van der Waals surface area contributed by atoms with E-state index in [9.17, 15) is 9.90 Å². The summed E-state index contributed by atoms with van der Waals surface area (Å²) < 4.78 is 0. The van der Waals surface area contributed by atoms with Crippen LogP contribution in [0.15, 0.2) is 36.4 Å². The number of aryl methyl sites for hydroxylation is 2. The maximum atomic E-state index is 11.5. The number of aromatic amines is 1. The zero-order valence-corrected chi connectivity index (χ0v) is 13.0. The molecule has 0 aliphatic carbocycles. The van der Waals surface area contributed by atoms with Crippen LogP contribution < -0.4 is 0 Å². The van der Waals surface area contributed by atoms with Crippen LogP contribution in [0.5, 0.6) is 0 Å². The summed E-state index contributed by atoms with van der Waals surface area (Å²) in [5, 5.41) is 9.41. The van der Waals surface area contributed by atoms with Crippen molar-refractivity contribution in [1.82, 2.24) is 9.97 Å². The van der Waals surface area contributed by atoms with Gasteiger partial charge in [-0.2, -0.15) is 0 Å². The lowest BCUT2D eigenvalue weighted by molar-refractivity contribution is 0.0699. The van der Waals surface area contributed by atoms with Crippen LogP contribution in [0.25, 0.3) is 11.0 Å². The minimum Gasteiger partial charge on any atom is -0.478 e. The first-order chi connectivity index (χ1) is 11.1. The molecule has 2 aromatic carbocycles. The van der Waals surface area contributed by atoms with Crippen LogP contribution in [-0.4, -0.2) is 21.0 Å². The molecule has 114 valence electrons. The highest BCUT2D eigenvalue weighted by Crippen LogP contribution is 2.19. The molecule has 2 N–H and O–H groups in total. The minimum atomic E-state index is -0.986. The van der Waals surface area contributed by atoms with Crippen molar-refractivity contribution in [3.8, 4) is 11.8 Å². The van der Waals surface area contributed by atoms with Crippen LogP contribution >= 0.6 is 0 Å². The number of carboxylic acids is 1. The number of aromatic carboxylic acids is 1. The Morgan fingerprint density at radius 2 is 1.87 bits per heavy atom. The summed E-state index contributed by atoms with van der Waals surface area (Å²) in [6.07, 6.45) is 0.720. The quantitative estimate of drug-likeness (QED) is 0.712. The van der Waals surface area contributed by atoms with E-state index in [1.807, 2.05) is 44.2 Å². The van der Waals surface area contributed by atoms with E-state index in [0.29, 0.717) is 16.6 Å². The Morgan fingerprint density at radius 3 is 2.52 bits per heavy atom. The standard InChI is InChI=1S/C19H16N2O2/c1-3-17-20-16-11-14(10-15(19(22)23)18(16)21-17)9-8-13-6-4-12(2)5-7-13/h4-7,10-11H,3H2,1-2H3,(H,20,21)(H,22,23). The molecular formula is C19H16N2O2. The van der Waals surface area contributed by atoms with Crippen LogP contribution in [0.2, 0.25) is 0 Å². The molecule has 1 aromatic heterocycles. The van der Waals surface area contributed by atoms with Gasteiger partial charge in [-0.1, -0.05) is 36.5 Å². The molecule has 0 atom stereocenters. The number of aromatic nitrogens is 2. The maximum Gasteiger partial charge on any atom is 0.337 e. The number of H-pyrrole nitrogens is 1. The van der Waals surface area contributed by atoms with E-state index in [-0.39, 0.29) is 5.56 Å². The first-order valence-electron chi connectivity index (χ1n) is 7.41. The summed E-state index contributed by atoms with van der Waals surface area (Å²) in [5.74, 6) is 5.87. The van der Waals surface area contributed by atoms with E-state index >= 15 is 0 Å². The molecule has 0 fully saturated rings. The number of nitrogens with zero attached hydrogens (tertiary/aromatic N) is 1. The fraction of sp³-hybridized carbons (Fsp3) is 0.158. The molecule has 1 heterocycles. The maximum absolute atomic E-state index is 11.5. The molecule has 4 heteroatoms. The van der Waals surface area contributed by atoms with E-state index < -0.39 is 5.97 Å². The molecule has 23 heavy (non-hydrogen) atoms. The Morgan fingerprint density at radius 1 is 1.17 bits per heavy atom. The Kier molecular flexibility index (Phi) is 3.86. The van der Waals surface area contributed by atoms with Gasteiger partial charge in [0.2, 0.25) is 0 Å². The Bertz CT molecular complexity index is 941. The van der Waals surface area contributed by atoms with E-state index in [1.165, 1.54) is 5.56 Å². The molecule has 0 aliphatic rings. The fourth-order valence-corrected chi connectivity index (χ4v) is 2.35. The van der Waals surface area contributed by atoms with Crippen molar-refractivity contribution in [2.24, 2.45) is 0 Å². The van der Waals surface area contributed by atoms with Crippen molar-refractivity contribution in [3.05, 3.63) is 64.5 Å². The van der Waals surface area contributed by atoms with E-state index in [1.54, 1.807) is 6.07 Å². The molecule has 0 spiro atoms. The molecule has 4 nitrogen and oxygen atoms in total. The van der Waals surface area contributed by atoms with Crippen molar-refractivity contribution >= 4 is 17.0 Å². The summed E-state index contributed by atoms with van der Waals surface area (Å²) >= 11 is 0. The fourth-order valence-electron chi connectivity index (χ4n) is 2.35. The van der Waals surface area contributed by atoms with Gasteiger partial charge >= 0.3 is 5.97 Å². The van der Waals surface area contributed by atoms with E-state index in [4.69, 9.17) is 0 Å². The summed E-state index contributed by atoms with van der Waals surface area (Å²) in [5.41, 5.74) is 4.09. The smallest absolute Gasteiger partial charge is 0.337 e. The second-order valence-electron chi connectivity index (χ2n) is 5.38. The molecule has 3 rings (SSSR count). The lowest BCUT2D eigenvalue weighted by Gasteiger charge is -1.98. The molecule has 0 unspecified atom stereocenters. The van der Waals surface area contributed by atoms with Crippen LogP contribution in [0.4, 0.5) is 0 Å². The molecular weight excluding hydrogens is 288 g/mol. The van der Waals surface area contributed by atoms with Crippen molar-refractivity contribution in [2.75, 3.05) is 0 Å². The van der Waals surface area contributed by atoms with Gasteiger partial charge in [-0.25, -0.2) is 9.78 Å². The summed E-state index contributed by atoms with van der Waals surface area (Å²) in [6, 6.07) is 11.3. The Balaban J connectivity index is 2.08. The Hall–Kier alpha value is -3.06. The number of hydrogen-bond acceptors (Lipinski definition) is 2. The average molecular weight is 304 g/mol. The van der Waals surface area contributed by atoms with Crippen molar-refractivity contribution in [2.45, 2.75) is 20.3 Å². The van der Waals surface area contributed by atoms with Crippen LogP contribution in [0, 0.1) is 18.8 Å². The summed E-state index contributed by atoms with van der Waals surface area (Å²) in [7, 11) is 0. The highest BCUT2D eigenvalue weighted by Gasteiger charge is 2.13. The zero-order valence-electron chi connectivity index (χ0n) is 13.0. The summed E-state index contributed by atoms with van der Waals surface area (Å²) in [6.45, 7) is 3.99. The predicted octanol–water partition coefficient (Wildman–Crippen LogP) is 3.53. The molecule has 0 radical (unpaired) electrons. The number of fused-ring (bicyclic) bond motifs is 1. The number of imidazole rings is 1. The minimum absolute atomic E-state index is 0.197. The topological polar surface area (TPSA) is 66.0 Å². The van der Waals surface area contributed by atoms with Gasteiger partial charge in [0, 0.05) is 17.5 Å². The van der Waals surface area contributed by atoms with Gasteiger partial charge in [-0.05, 0) is 31.2 Å². The number of carbonyl (C=O) groups is 1. The van der Waals surface area contributed by atoms with Gasteiger partial charge in [0.15, 0.2) is 0 Å². The highest BCUT2D eigenvalue weighted by molar-refractivity contribution is 6.01. The molecule has 0 saturated heterocycles. The average Bonchev–Trinajstić information content (AvgIpc) is 2.96. The molecule has 0 amide bonds.